The van der Waals surface area contributed by atoms with Gasteiger partial charge in [-0.1, -0.05) is 35.9 Å². The van der Waals surface area contributed by atoms with Crippen LogP contribution in [0, 0.1) is 0 Å². The number of halogens is 2. The maximum Gasteiger partial charge on any atom is 0.280 e. The predicted molar refractivity (Wildman–Crippen MR) is 106 cm³/mol. The number of rotatable bonds is 4. The quantitative estimate of drug-likeness (QED) is 0.723. The molecule has 4 rings (SSSR count). The van der Waals surface area contributed by atoms with E-state index >= 15 is 0 Å². The molecule has 28 heavy (non-hydrogen) atoms. The van der Waals surface area contributed by atoms with Gasteiger partial charge in [0.2, 0.25) is 0 Å². The van der Waals surface area contributed by atoms with Crippen LogP contribution in [0.1, 0.15) is 34.5 Å². The highest BCUT2D eigenvalue weighted by atomic mass is 35.5. The number of hydrogen-bond acceptors (Lipinski definition) is 3. The van der Waals surface area contributed by atoms with E-state index < -0.39 is 18.1 Å². The molecule has 1 aliphatic heterocycles. The van der Waals surface area contributed by atoms with Gasteiger partial charge < -0.3 is 9.88 Å². The number of carbonyl (C=O) groups excluding carboxylic acids is 1. The molecule has 1 aromatic heterocycles. The van der Waals surface area contributed by atoms with Crippen LogP contribution in [0.3, 0.4) is 0 Å². The number of carbonyl (C=O) groups is 1. The van der Waals surface area contributed by atoms with Gasteiger partial charge in [0, 0.05) is 23.2 Å². The Bertz CT molecular complexity index is 1100. The fraction of sp³-hybridized carbons (Fsp3) is 0.286. The average molecular weight is 400 g/mol. The molecule has 7 heteroatoms. The molecule has 1 unspecified atom stereocenters. The average Bonchev–Trinajstić information content (AvgIpc) is 3.14. The lowest BCUT2D eigenvalue weighted by atomic mass is 10.0. The summed E-state index contributed by atoms with van der Waals surface area (Å²) in [6.45, 7) is -0.135. The standard InChI is InChI=1S/C21H19ClFN3O2/c22-15-6-1-4-13(10-15)11-16-7-3-9-26(16)21(28)19-20(27)25-18-14(12-23)5-2-8-17(18)24-19/h1-2,4-6,8,10,16H,3,7,9,11-12H2,(H,25,27). The van der Waals surface area contributed by atoms with Gasteiger partial charge in [-0.15, -0.1) is 0 Å². The van der Waals surface area contributed by atoms with Crippen molar-refractivity contribution in [2.75, 3.05) is 6.54 Å². The zero-order valence-corrected chi connectivity index (χ0v) is 15.9. The Morgan fingerprint density at radius 1 is 1.29 bits per heavy atom. The van der Waals surface area contributed by atoms with E-state index in [2.05, 4.69) is 9.97 Å². The van der Waals surface area contributed by atoms with E-state index in [4.69, 9.17) is 11.6 Å². The van der Waals surface area contributed by atoms with Gasteiger partial charge in [-0.2, -0.15) is 0 Å². The third-order valence-corrected chi connectivity index (χ3v) is 5.39. The Morgan fingerprint density at radius 2 is 2.11 bits per heavy atom. The van der Waals surface area contributed by atoms with Crippen LogP contribution in [-0.2, 0) is 13.1 Å². The Hall–Kier alpha value is -2.73. The zero-order valence-electron chi connectivity index (χ0n) is 15.1. The minimum absolute atomic E-state index is 0.0139. The van der Waals surface area contributed by atoms with Crippen molar-refractivity contribution in [2.45, 2.75) is 32.0 Å². The van der Waals surface area contributed by atoms with E-state index in [1.807, 2.05) is 24.3 Å². The van der Waals surface area contributed by atoms with Gasteiger partial charge in [-0.05, 0) is 43.0 Å². The molecular formula is C21H19ClFN3O2. The molecule has 1 N–H and O–H groups in total. The third-order valence-electron chi connectivity index (χ3n) is 5.16. The van der Waals surface area contributed by atoms with Gasteiger partial charge >= 0.3 is 0 Å². The summed E-state index contributed by atoms with van der Waals surface area (Å²) in [6, 6.07) is 12.5. The van der Waals surface area contributed by atoms with Crippen LogP contribution < -0.4 is 5.56 Å². The van der Waals surface area contributed by atoms with Crippen LogP contribution in [-0.4, -0.2) is 33.4 Å². The third kappa shape index (κ3) is 3.52. The predicted octanol–water partition coefficient (Wildman–Crippen LogP) is 3.89. The van der Waals surface area contributed by atoms with Crippen molar-refractivity contribution in [3.05, 3.63) is 74.7 Å². The minimum atomic E-state index is -0.712. The SMILES string of the molecule is O=C(c1nc2cccc(CF)c2[nH]c1=O)N1CCCC1Cc1cccc(Cl)c1. The van der Waals surface area contributed by atoms with E-state index in [-0.39, 0.29) is 11.7 Å². The van der Waals surface area contributed by atoms with Crippen molar-refractivity contribution in [1.82, 2.24) is 14.9 Å². The van der Waals surface area contributed by atoms with Crippen LogP contribution in [0.15, 0.2) is 47.3 Å². The van der Waals surface area contributed by atoms with E-state index in [1.165, 1.54) is 0 Å². The van der Waals surface area contributed by atoms with Crippen molar-refractivity contribution >= 4 is 28.5 Å². The Balaban J connectivity index is 1.64. The van der Waals surface area contributed by atoms with Crippen LogP contribution in [0.4, 0.5) is 4.39 Å². The summed E-state index contributed by atoms with van der Waals surface area (Å²) in [7, 11) is 0. The highest BCUT2D eigenvalue weighted by Crippen LogP contribution is 2.24. The summed E-state index contributed by atoms with van der Waals surface area (Å²) in [5.74, 6) is -0.390. The molecule has 1 atom stereocenters. The maximum absolute atomic E-state index is 13.1. The number of hydrogen-bond donors (Lipinski definition) is 1. The van der Waals surface area contributed by atoms with Gasteiger partial charge in [0.1, 0.15) is 6.67 Å². The Kier molecular flexibility index (Phi) is 5.13. The molecule has 2 aromatic carbocycles. The number of benzene rings is 2. The van der Waals surface area contributed by atoms with E-state index in [9.17, 15) is 14.0 Å². The number of nitrogens with one attached hydrogen (secondary N) is 1. The summed E-state index contributed by atoms with van der Waals surface area (Å²) in [5, 5.41) is 0.657. The monoisotopic (exact) mass is 399 g/mol. The first-order chi connectivity index (χ1) is 13.6. The summed E-state index contributed by atoms with van der Waals surface area (Å²) in [6.07, 6.45) is 2.40. The van der Waals surface area contributed by atoms with Gasteiger partial charge in [0.05, 0.1) is 11.0 Å². The van der Waals surface area contributed by atoms with Crippen molar-refractivity contribution < 1.29 is 9.18 Å². The molecular weight excluding hydrogens is 381 g/mol. The molecule has 0 spiro atoms. The molecule has 2 heterocycles. The van der Waals surface area contributed by atoms with E-state index in [0.29, 0.717) is 34.6 Å². The number of H-pyrrole nitrogens is 1. The lowest BCUT2D eigenvalue weighted by Gasteiger charge is -2.24. The molecule has 0 saturated carbocycles. The molecule has 1 fully saturated rings. The fourth-order valence-corrected chi connectivity index (χ4v) is 4.02. The van der Waals surface area contributed by atoms with Crippen molar-refractivity contribution in [1.29, 1.82) is 0 Å². The van der Waals surface area contributed by atoms with Crippen molar-refractivity contribution in [3.8, 4) is 0 Å². The van der Waals surface area contributed by atoms with E-state index in [0.717, 1.165) is 18.4 Å². The molecule has 1 saturated heterocycles. The molecule has 0 aliphatic carbocycles. The topological polar surface area (TPSA) is 66.1 Å². The molecule has 3 aromatic rings. The highest BCUT2D eigenvalue weighted by Gasteiger charge is 2.31. The molecule has 1 aliphatic rings. The first-order valence-electron chi connectivity index (χ1n) is 9.20. The second-order valence-corrected chi connectivity index (χ2v) is 7.42. The second kappa shape index (κ2) is 7.72. The highest BCUT2D eigenvalue weighted by molar-refractivity contribution is 6.30. The van der Waals surface area contributed by atoms with Gasteiger partial charge in [0.15, 0.2) is 5.69 Å². The molecule has 0 radical (unpaired) electrons. The zero-order chi connectivity index (χ0) is 19.7. The number of amides is 1. The fourth-order valence-electron chi connectivity index (χ4n) is 3.81. The van der Waals surface area contributed by atoms with Crippen LogP contribution in [0.5, 0.6) is 0 Å². The maximum atomic E-state index is 13.1. The largest absolute Gasteiger partial charge is 0.334 e. The first kappa shape index (κ1) is 18.6. The van der Waals surface area contributed by atoms with Crippen molar-refractivity contribution in [2.24, 2.45) is 0 Å². The van der Waals surface area contributed by atoms with Gasteiger partial charge in [-0.3, -0.25) is 9.59 Å². The summed E-state index contributed by atoms with van der Waals surface area (Å²) in [4.78, 5) is 34.2. The number of aromatic amines is 1. The number of para-hydroxylation sites is 1. The number of nitrogens with zero attached hydrogens (tertiary/aromatic N) is 2. The number of aromatic nitrogens is 2. The molecule has 5 nitrogen and oxygen atoms in total. The smallest absolute Gasteiger partial charge is 0.280 e. The minimum Gasteiger partial charge on any atom is -0.334 e. The lowest BCUT2D eigenvalue weighted by molar-refractivity contribution is 0.0729. The number of alkyl halides is 1. The summed E-state index contributed by atoms with van der Waals surface area (Å²) < 4.78 is 13.1. The van der Waals surface area contributed by atoms with Crippen LogP contribution in [0.25, 0.3) is 11.0 Å². The molecule has 1 amide bonds. The van der Waals surface area contributed by atoms with Crippen LogP contribution in [0.2, 0.25) is 5.02 Å². The second-order valence-electron chi connectivity index (χ2n) is 6.99. The van der Waals surface area contributed by atoms with Crippen LogP contribution >= 0.6 is 11.6 Å². The normalized spacial score (nSPS) is 16.6. The summed E-state index contributed by atoms with van der Waals surface area (Å²) in [5.41, 5.74) is 1.40. The van der Waals surface area contributed by atoms with E-state index in [1.54, 1.807) is 23.1 Å². The number of fused-ring (bicyclic) bond motifs is 1. The number of likely N-dealkylation sites (tertiary alicyclic amines) is 1. The van der Waals surface area contributed by atoms with Crippen molar-refractivity contribution in [3.63, 3.8) is 0 Å². The first-order valence-corrected chi connectivity index (χ1v) is 9.58. The molecule has 0 bridgehead atoms. The Morgan fingerprint density at radius 3 is 2.89 bits per heavy atom. The van der Waals surface area contributed by atoms with Gasteiger partial charge in [0.25, 0.3) is 11.5 Å². The summed E-state index contributed by atoms with van der Waals surface area (Å²) >= 11 is 6.06. The van der Waals surface area contributed by atoms with Gasteiger partial charge in [-0.25, -0.2) is 9.37 Å². The molecule has 144 valence electrons. The Labute approximate surface area is 166 Å². The lowest BCUT2D eigenvalue weighted by Crippen LogP contribution is -2.40.